The highest BCUT2D eigenvalue weighted by atomic mass is 19.1. The molecule has 0 bridgehead atoms. The molecule has 0 saturated carbocycles. The van der Waals surface area contributed by atoms with Crippen LogP contribution in [0.3, 0.4) is 0 Å². The summed E-state index contributed by atoms with van der Waals surface area (Å²) >= 11 is 0. The molecule has 2 atom stereocenters. The van der Waals surface area contributed by atoms with Crippen LogP contribution in [0.15, 0.2) is 0 Å². The number of rotatable bonds is 2. The molecule has 0 spiro atoms. The number of alkyl halides is 1. The van der Waals surface area contributed by atoms with Crippen LogP contribution in [0.5, 0.6) is 0 Å². The van der Waals surface area contributed by atoms with Gasteiger partial charge in [-0.15, -0.1) is 0 Å². The lowest BCUT2D eigenvalue weighted by molar-refractivity contribution is 0.150. The molecule has 1 saturated heterocycles. The molecule has 0 unspecified atom stereocenters. The fraction of sp³-hybridized carbons (Fsp3) is 1.00. The fourth-order valence-electron chi connectivity index (χ4n) is 1.26. The van der Waals surface area contributed by atoms with Gasteiger partial charge in [-0.25, -0.2) is 4.39 Å². The van der Waals surface area contributed by atoms with E-state index in [4.69, 9.17) is 5.11 Å². The quantitative estimate of drug-likeness (QED) is 0.611. The summed E-state index contributed by atoms with van der Waals surface area (Å²) in [4.78, 5) is 1.98. The first-order chi connectivity index (χ1) is 4.74. The van der Waals surface area contributed by atoms with Crippen LogP contribution in [0.25, 0.3) is 0 Å². The highest BCUT2D eigenvalue weighted by Gasteiger charge is 2.24. The van der Waals surface area contributed by atoms with Gasteiger partial charge in [0.1, 0.15) is 6.17 Å². The summed E-state index contributed by atoms with van der Waals surface area (Å²) in [5, 5.41) is 8.72. The minimum absolute atomic E-state index is 0.126. The molecule has 1 rings (SSSR count). The van der Waals surface area contributed by atoms with Crippen molar-refractivity contribution in [1.29, 1.82) is 0 Å². The first-order valence-corrected chi connectivity index (χ1v) is 3.73. The predicted octanol–water partition coefficient (Wildman–Crippen LogP) is 0.411. The van der Waals surface area contributed by atoms with Crippen molar-refractivity contribution in [3.8, 4) is 0 Å². The molecule has 1 aliphatic rings. The van der Waals surface area contributed by atoms with Crippen molar-refractivity contribution in [3.05, 3.63) is 0 Å². The molecular weight excluding hydrogens is 133 g/mol. The molecule has 0 aliphatic carbocycles. The van der Waals surface area contributed by atoms with E-state index in [1.54, 1.807) is 0 Å². The van der Waals surface area contributed by atoms with Gasteiger partial charge >= 0.3 is 0 Å². The molecule has 3 heteroatoms. The van der Waals surface area contributed by atoms with Gasteiger partial charge in [0, 0.05) is 19.1 Å². The third-order valence-electron chi connectivity index (χ3n) is 2.05. The molecular formula is C7H14FNO. The molecule has 1 aliphatic heterocycles. The van der Waals surface area contributed by atoms with Gasteiger partial charge in [0.2, 0.25) is 0 Å². The van der Waals surface area contributed by atoms with Gasteiger partial charge in [-0.3, -0.25) is 4.90 Å². The second-order valence-electron chi connectivity index (χ2n) is 2.91. The average Bonchev–Trinajstić information content (AvgIpc) is 2.34. The van der Waals surface area contributed by atoms with Gasteiger partial charge in [0.05, 0.1) is 6.61 Å². The number of halogens is 1. The van der Waals surface area contributed by atoms with E-state index in [0.29, 0.717) is 13.0 Å². The van der Waals surface area contributed by atoms with Crippen molar-refractivity contribution in [3.63, 3.8) is 0 Å². The molecule has 10 heavy (non-hydrogen) atoms. The van der Waals surface area contributed by atoms with E-state index in [2.05, 4.69) is 0 Å². The normalized spacial score (nSPS) is 30.9. The first-order valence-electron chi connectivity index (χ1n) is 3.73. The maximum absolute atomic E-state index is 12.5. The Morgan fingerprint density at radius 3 is 2.90 bits per heavy atom. The third-order valence-corrected chi connectivity index (χ3v) is 2.05. The smallest absolute Gasteiger partial charge is 0.114 e. The SMILES string of the molecule is C[C@@H](CO)N1CC[C@@H](F)C1. The van der Waals surface area contributed by atoms with Gasteiger partial charge in [-0.2, -0.15) is 0 Å². The number of nitrogens with zero attached hydrogens (tertiary/aromatic N) is 1. The lowest BCUT2D eigenvalue weighted by Gasteiger charge is -2.20. The van der Waals surface area contributed by atoms with Crippen molar-refractivity contribution in [2.24, 2.45) is 0 Å². The Labute approximate surface area is 60.6 Å². The van der Waals surface area contributed by atoms with E-state index in [1.165, 1.54) is 0 Å². The molecule has 1 heterocycles. The van der Waals surface area contributed by atoms with Crippen LogP contribution >= 0.6 is 0 Å². The summed E-state index contributed by atoms with van der Waals surface area (Å²) in [6.07, 6.45) is -0.0429. The largest absolute Gasteiger partial charge is 0.395 e. The summed E-state index contributed by atoms with van der Waals surface area (Å²) in [7, 11) is 0. The second kappa shape index (κ2) is 3.30. The Bertz CT molecular complexity index is 110. The van der Waals surface area contributed by atoms with Crippen molar-refractivity contribution in [2.75, 3.05) is 19.7 Å². The average molecular weight is 147 g/mol. The Morgan fingerprint density at radius 2 is 2.50 bits per heavy atom. The Hall–Kier alpha value is -0.150. The van der Waals surface area contributed by atoms with Gasteiger partial charge in [-0.05, 0) is 13.3 Å². The first kappa shape index (κ1) is 7.95. The Balaban J connectivity index is 2.29. The van der Waals surface area contributed by atoms with Crippen molar-refractivity contribution in [1.82, 2.24) is 4.90 Å². The van der Waals surface area contributed by atoms with E-state index in [0.717, 1.165) is 6.54 Å². The molecule has 0 aromatic rings. The molecule has 0 aromatic carbocycles. The summed E-state index contributed by atoms with van der Waals surface area (Å²) in [5.41, 5.74) is 0. The number of hydrogen-bond donors (Lipinski definition) is 1. The van der Waals surface area contributed by atoms with Crippen LogP contribution in [0.2, 0.25) is 0 Å². The van der Waals surface area contributed by atoms with Crippen LogP contribution < -0.4 is 0 Å². The van der Waals surface area contributed by atoms with Gasteiger partial charge in [0.15, 0.2) is 0 Å². The van der Waals surface area contributed by atoms with Crippen molar-refractivity contribution < 1.29 is 9.50 Å². The van der Waals surface area contributed by atoms with Crippen LogP contribution in [0.1, 0.15) is 13.3 Å². The summed E-state index contributed by atoms with van der Waals surface area (Å²) in [5.74, 6) is 0. The van der Waals surface area contributed by atoms with Crippen LogP contribution in [-0.2, 0) is 0 Å². The summed E-state index contributed by atoms with van der Waals surface area (Å²) in [6, 6.07) is 0.126. The molecule has 2 nitrogen and oxygen atoms in total. The summed E-state index contributed by atoms with van der Waals surface area (Å²) < 4.78 is 12.5. The highest BCUT2D eigenvalue weighted by Crippen LogP contribution is 2.14. The zero-order valence-electron chi connectivity index (χ0n) is 6.26. The number of aliphatic hydroxyl groups excluding tert-OH is 1. The van der Waals surface area contributed by atoms with Crippen LogP contribution in [-0.4, -0.2) is 41.9 Å². The number of aliphatic hydroxyl groups is 1. The number of likely N-dealkylation sites (tertiary alicyclic amines) is 1. The van der Waals surface area contributed by atoms with E-state index >= 15 is 0 Å². The molecule has 0 amide bonds. The van der Waals surface area contributed by atoms with Crippen molar-refractivity contribution in [2.45, 2.75) is 25.6 Å². The van der Waals surface area contributed by atoms with Gasteiger partial charge in [0.25, 0.3) is 0 Å². The monoisotopic (exact) mass is 147 g/mol. The molecule has 1 N–H and O–H groups in total. The molecule has 60 valence electrons. The standard InChI is InChI=1S/C7H14FNO/c1-6(5-10)9-3-2-7(8)4-9/h6-7,10H,2-5H2,1H3/t6-,7+/m0/s1. The van der Waals surface area contributed by atoms with Gasteiger partial charge < -0.3 is 5.11 Å². The van der Waals surface area contributed by atoms with E-state index < -0.39 is 6.17 Å². The fourth-order valence-corrected chi connectivity index (χ4v) is 1.26. The lowest BCUT2D eigenvalue weighted by Crippen LogP contribution is -2.33. The van der Waals surface area contributed by atoms with Gasteiger partial charge in [-0.1, -0.05) is 0 Å². The minimum atomic E-state index is -0.672. The van der Waals surface area contributed by atoms with E-state index in [-0.39, 0.29) is 12.6 Å². The summed E-state index contributed by atoms with van der Waals surface area (Å²) in [6.45, 7) is 3.34. The highest BCUT2D eigenvalue weighted by molar-refractivity contribution is 4.78. The Kier molecular flexibility index (Phi) is 2.63. The lowest BCUT2D eigenvalue weighted by atomic mass is 10.3. The minimum Gasteiger partial charge on any atom is -0.395 e. The van der Waals surface area contributed by atoms with E-state index in [9.17, 15) is 4.39 Å². The van der Waals surface area contributed by atoms with Crippen LogP contribution in [0.4, 0.5) is 4.39 Å². The molecule has 0 aromatic heterocycles. The van der Waals surface area contributed by atoms with Crippen LogP contribution in [0, 0.1) is 0 Å². The Morgan fingerprint density at radius 1 is 1.80 bits per heavy atom. The zero-order chi connectivity index (χ0) is 7.56. The molecule has 0 radical (unpaired) electrons. The zero-order valence-corrected chi connectivity index (χ0v) is 6.26. The topological polar surface area (TPSA) is 23.5 Å². The van der Waals surface area contributed by atoms with Crippen molar-refractivity contribution >= 4 is 0 Å². The van der Waals surface area contributed by atoms with E-state index in [1.807, 2.05) is 11.8 Å². The maximum Gasteiger partial charge on any atom is 0.114 e. The molecule has 1 fully saturated rings. The number of hydrogen-bond acceptors (Lipinski definition) is 2. The predicted molar refractivity (Wildman–Crippen MR) is 37.6 cm³/mol. The third kappa shape index (κ3) is 1.67. The maximum atomic E-state index is 12.5. The second-order valence-corrected chi connectivity index (χ2v) is 2.91.